The average molecular weight is 194 g/mol. The number of pyridine rings is 1. The van der Waals surface area contributed by atoms with Crippen molar-refractivity contribution in [1.29, 1.82) is 0 Å². The summed E-state index contributed by atoms with van der Waals surface area (Å²) in [7, 11) is 0. The Morgan fingerprint density at radius 1 is 1.57 bits per heavy atom. The molecule has 0 bridgehead atoms. The molecule has 0 atom stereocenters. The average Bonchev–Trinajstić information content (AvgIpc) is 2.16. The third-order valence-electron chi connectivity index (χ3n) is 1.56. The monoisotopic (exact) mass is 194 g/mol. The quantitative estimate of drug-likeness (QED) is 0.731. The van der Waals surface area contributed by atoms with Gasteiger partial charge >= 0.3 is 6.09 Å². The lowest BCUT2D eigenvalue weighted by Gasteiger charge is -2.01. The van der Waals surface area contributed by atoms with Crippen LogP contribution in [0.1, 0.15) is 23.8 Å². The van der Waals surface area contributed by atoms with Gasteiger partial charge < -0.3 is 10.5 Å². The minimum Gasteiger partial charge on any atom is -0.410 e. The summed E-state index contributed by atoms with van der Waals surface area (Å²) in [6, 6.07) is 2.84. The van der Waals surface area contributed by atoms with Crippen LogP contribution in [-0.4, -0.2) is 16.9 Å². The van der Waals surface area contributed by atoms with E-state index in [1.54, 1.807) is 6.92 Å². The third-order valence-corrected chi connectivity index (χ3v) is 1.56. The Labute approximate surface area is 80.9 Å². The molecule has 1 heterocycles. The molecule has 0 aliphatic carbocycles. The highest BCUT2D eigenvalue weighted by Crippen LogP contribution is 2.11. The van der Waals surface area contributed by atoms with E-state index in [0.717, 1.165) is 0 Å². The maximum absolute atomic E-state index is 11.2. The van der Waals surface area contributed by atoms with E-state index >= 15 is 0 Å². The largest absolute Gasteiger partial charge is 0.410 e. The molecule has 0 spiro atoms. The normalized spacial score (nSPS) is 9.50. The van der Waals surface area contributed by atoms with E-state index < -0.39 is 6.09 Å². The van der Waals surface area contributed by atoms with Gasteiger partial charge in [0.1, 0.15) is 11.4 Å². The summed E-state index contributed by atoms with van der Waals surface area (Å²) in [5.74, 6) is 0.115. The summed E-state index contributed by atoms with van der Waals surface area (Å²) in [6.45, 7) is 1.73. The molecule has 1 rings (SSSR count). The zero-order valence-corrected chi connectivity index (χ0v) is 7.69. The van der Waals surface area contributed by atoms with Crippen molar-refractivity contribution in [2.24, 2.45) is 5.73 Å². The van der Waals surface area contributed by atoms with Gasteiger partial charge in [-0.05, 0) is 6.07 Å². The maximum Gasteiger partial charge on any atom is 0.409 e. The Morgan fingerprint density at radius 3 is 2.86 bits per heavy atom. The first-order valence-corrected chi connectivity index (χ1v) is 4.10. The Balaban J connectivity index is 2.89. The van der Waals surface area contributed by atoms with E-state index in [9.17, 15) is 9.59 Å². The zero-order chi connectivity index (χ0) is 10.6. The molecule has 0 aliphatic heterocycles. The van der Waals surface area contributed by atoms with Crippen LogP contribution in [-0.2, 0) is 0 Å². The maximum atomic E-state index is 11.2. The molecular formula is C9H10N2O3. The van der Waals surface area contributed by atoms with Crippen molar-refractivity contribution >= 4 is 11.9 Å². The van der Waals surface area contributed by atoms with E-state index in [1.807, 2.05) is 0 Å². The van der Waals surface area contributed by atoms with E-state index in [4.69, 9.17) is 5.73 Å². The Morgan fingerprint density at radius 2 is 2.29 bits per heavy atom. The number of rotatable bonds is 3. The lowest BCUT2D eigenvalue weighted by molar-refractivity contribution is 0.0983. The van der Waals surface area contributed by atoms with E-state index in [2.05, 4.69) is 9.72 Å². The lowest BCUT2D eigenvalue weighted by atomic mass is 10.2. The van der Waals surface area contributed by atoms with Gasteiger partial charge in [0.05, 0.1) is 0 Å². The van der Waals surface area contributed by atoms with Crippen molar-refractivity contribution in [3.63, 3.8) is 0 Å². The van der Waals surface area contributed by atoms with Gasteiger partial charge in [0.25, 0.3) is 0 Å². The van der Waals surface area contributed by atoms with Crippen LogP contribution in [0, 0.1) is 0 Å². The number of aromatic nitrogens is 1. The predicted octanol–water partition coefficient (Wildman–Crippen LogP) is 1.13. The van der Waals surface area contributed by atoms with Gasteiger partial charge in [-0.2, -0.15) is 0 Å². The Hall–Kier alpha value is -1.91. The molecule has 0 aliphatic rings. The van der Waals surface area contributed by atoms with Gasteiger partial charge in [-0.25, -0.2) is 4.79 Å². The molecule has 0 radical (unpaired) electrons. The number of nitrogens with zero attached hydrogens (tertiary/aromatic N) is 1. The number of carbonyl (C=O) groups excluding carboxylic acids is 2. The highest BCUT2D eigenvalue weighted by atomic mass is 16.5. The SMILES string of the molecule is CCC(=O)c1cc(OC(N)=O)ccn1. The van der Waals surface area contributed by atoms with Gasteiger partial charge in [0, 0.05) is 18.7 Å². The van der Waals surface area contributed by atoms with Crippen LogP contribution in [0.3, 0.4) is 0 Å². The first kappa shape index (κ1) is 10.2. The summed E-state index contributed by atoms with van der Waals surface area (Å²) >= 11 is 0. The van der Waals surface area contributed by atoms with E-state index in [0.29, 0.717) is 6.42 Å². The van der Waals surface area contributed by atoms with Crippen molar-refractivity contribution in [3.05, 3.63) is 24.0 Å². The summed E-state index contributed by atoms with van der Waals surface area (Å²) in [4.78, 5) is 25.5. The number of ether oxygens (including phenoxy) is 1. The molecular weight excluding hydrogens is 184 g/mol. The number of Topliss-reactive ketones (excluding diaryl/α,β-unsaturated/α-hetero) is 1. The Bertz CT molecular complexity index is 363. The fraction of sp³-hybridized carbons (Fsp3) is 0.222. The number of carbonyl (C=O) groups is 2. The number of amides is 1. The molecule has 1 aromatic heterocycles. The second-order valence-electron chi connectivity index (χ2n) is 2.57. The van der Waals surface area contributed by atoms with Gasteiger partial charge in [-0.1, -0.05) is 6.92 Å². The van der Waals surface area contributed by atoms with E-state index in [1.165, 1.54) is 18.3 Å². The van der Waals surface area contributed by atoms with Crippen molar-refractivity contribution in [2.75, 3.05) is 0 Å². The fourth-order valence-corrected chi connectivity index (χ4v) is 0.924. The molecule has 0 saturated carbocycles. The third kappa shape index (κ3) is 2.55. The van der Waals surface area contributed by atoms with E-state index in [-0.39, 0.29) is 17.2 Å². The number of hydrogen-bond donors (Lipinski definition) is 1. The number of hydrogen-bond acceptors (Lipinski definition) is 4. The van der Waals surface area contributed by atoms with Crippen LogP contribution >= 0.6 is 0 Å². The molecule has 0 aromatic carbocycles. The molecule has 5 heteroatoms. The predicted molar refractivity (Wildman–Crippen MR) is 49.1 cm³/mol. The molecule has 0 fully saturated rings. The fourth-order valence-electron chi connectivity index (χ4n) is 0.924. The lowest BCUT2D eigenvalue weighted by Crippen LogP contribution is -2.16. The number of primary amides is 1. The van der Waals surface area contributed by atoms with Crippen molar-refractivity contribution < 1.29 is 14.3 Å². The van der Waals surface area contributed by atoms with Crippen LogP contribution in [0.25, 0.3) is 0 Å². The van der Waals surface area contributed by atoms with Crippen LogP contribution < -0.4 is 10.5 Å². The Kier molecular flexibility index (Phi) is 3.17. The highest BCUT2D eigenvalue weighted by molar-refractivity contribution is 5.94. The van der Waals surface area contributed by atoms with Gasteiger partial charge in [0.2, 0.25) is 0 Å². The molecule has 14 heavy (non-hydrogen) atoms. The van der Waals surface area contributed by atoms with Gasteiger partial charge in [0.15, 0.2) is 5.78 Å². The van der Waals surface area contributed by atoms with Gasteiger partial charge in [-0.15, -0.1) is 0 Å². The summed E-state index contributed by atoms with van der Waals surface area (Å²) < 4.78 is 4.60. The zero-order valence-electron chi connectivity index (χ0n) is 7.69. The topological polar surface area (TPSA) is 82.3 Å². The number of nitrogens with two attached hydrogens (primary N) is 1. The number of ketones is 1. The standard InChI is InChI=1S/C9H10N2O3/c1-2-8(12)7-5-6(3-4-11-7)14-9(10)13/h3-5H,2H2,1H3,(H2,10,13). The second-order valence-corrected chi connectivity index (χ2v) is 2.57. The molecule has 5 nitrogen and oxygen atoms in total. The summed E-state index contributed by atoms with van der Waals surface area (Å²) in [5, 5.41) is 0. The molecule has 74 valence electrons. The van der Waals surface area contributed by atoms with Crippen LogP contribution in [0.2, 0.25) is 0 Å². The first-order chi connectivity index (χ1) is 6.63. The van der Waals surface area contributed by atoms with Gasteiger partial charge in [-0.3, -0.25) is 9.78 Å². The highest BCUT2D eigenvalue weighted by Gasteiger charge is 2.06. The van der Waals surface area contributed by atoms with Crippen molar-refractivity contribution in [3.8, 4) is 5.75 Å². The molecule has 1 amide bonds. The van der Waals surface area contributed by atoms with Crippen molar-refractivity contribution in [2.45, 2.75) is 13.3 Å². The van der Waals surface area contributed by atoms with Crippen LogP contribution in [0.4, 0.5) is 4.79 Å². The minimum absolute atomic E-state index is 0.111. The smallest absolute Gasteiger partial charge is 0.409 e. The summed E-state index contributed by atoms with van der Waals surface area (Å²) in [6.07, 6.45) is 0.833. The molecule has 0 unspecified atom stereocenters. The van der Waals surface area contributed by atoms with Crippen molar-refractivity contribution in [1.82, 2.24) is 4.98 Å². The van der Waals surface area contributed by atoms with Crippen LogP contribution in [0.5, 0.6) is 5.75 Å². The summed E-state index contributed by atoms with van der Waals surface area (Å²) in [5.41, 5.74) is 5.09. The molecule has 2 N–H and O–H groups in total. The molecule has 0 saturated heterocycles. The van der Waals surface area contributed by atoms with Crippen LogP contribution in [0.15, 0.2) is 18.3 Å². The second kappa shape index (κ2) is 4.36. The molecule has 1 aromatic rings. The minimum atomic E-state index is -0.911. The first-order valence-electron chi connectivity index (χ1n) is 4.10.